The molecule has 0 aliphatic carbocycles. The predicted octanol–water partition coefficient (Wildman–Crippen LogP) is 0.295. The van der Waals surface area contributed by atoms with E-state index in [1.807, 2.05) is 0 Å². The number of aliphatic hydroxyl groups is 1. The minimum atomic E-state index is 0.500. The molecular formula is CH4ClHgO. The van der Waals surface area contributed by atoms with Crippen LogP contribution in [-0.4, -0.2) is 12.2 Å². The SMILES string of the molecule is CO.[Cl][Hg]. The Kier molecular flexibility index (Phi) is 67.7. The predicted molar refractivity (Wildman–Crippen MR) is 14.0 cm³/mol. The van der Waals surface area contributed by atoms with Gasteiger partial charge in [0, 0.05) is 7.11 Å². The van der Waals surface area contributed by atoms with Crippen molar-refractivity contribution in [3.05, 3.63) is 0 Å². The Hall–Kier alpha value is 1.19. The van der Waals surface area contributed by atoms with Crippen molar-refractivity contribution in [2.75, 3.05) is 7.11 Å². The van der Waals surface area contributed by atoms with Crippen LogP contribution in [0.1, 0.15) is 0 Å². The molecule has 0 heterocycles. The van der Waals surface area contributed by atoms with Crippen LogP contribution < -0.4 is 0 Å². The Labute approximate surface area is 45.4 Å². The van der Waals surface area contributed by atoms with Crippen LogP contribution in [0.25, 0.3) is 0 Å². The standard InChI is InChI=1S/CH4O.ClH.Hg/c1-2;;/h2H,1H3;1H;/q;;+1/p-1. The Bertz CT molecular complexity index is 8.00. The summed E-state index contributed by atoms with van der Waals surface area (Å²) in [7, 11) is 5.83. The number of aliphatic hydroxyl groups excluding tert-OH is 1. The van der Waals surface area contributed by atoms with Crippen LogP contribution in [0, 0.1) is 0 Å². The molecule has 0 atom stereocenters. The van der Waals surface area contributed by atoms with Crippen molar-refractivity contribution in [2.45, 2.75) is 0 Å². The van der Waals surface area contributed by atoms with Gasteiger partial charge in [-0.15, -0.1) is 0 Å². The molecule has 0 saturated carbocycles. The van der Waals surface area contributed by atoms with Crippen LogP contribution in [0.4, 0.5) is 0 Å². The first-order valence-electron chi connectivity index (χ1n) is 0.714. The second-order valence-corrected chi connectivity index (χ2v) is 0. The van der Waals surface area contributed by atoms with Crippen molar-refractivity contribution in [2.24, 2.45) is 0 Å². The Morgan fingerprint density at radius 2 is 1.50 bits per heavy atom. The van der Waals surface area contributed by atoms with Crippen LogP contribution in [0.15, 0.2) is 0 Å². The van der Waals surface area contributed by atoms with Gasteiger partial charge in [0.1, 0.15) is 0 Å². The quantitative estimate of drug-likeness (QED) is 0.626. The van der Waals surface area contributed by atoms with Crippen molar-refractivity contribution in [1.82, 2.24) is 0 Å². The topological polar surface area (TPSA) is 20.2 Å². The summed E-state index contributed by atoms with van der Waals surface area (Å²) in [6.45, 7) is 0. The molecule has 0 aromatic heterocycles. The van der Waals surface area contributed by atoms with E-state index >= 15 is 0 Å². The van der Waals surface area contributed by atoms with E-state index in [9.17, 15) is 0 Å². The normalized spacial score (nSPS) is 3.25. The summed E-state index contributed by atoms with van der Waals surface area (Å²) < 4.78 is 0. The van der Waals surface area contributed by atoms with Gasteiger partial charge < -0.3 is 5.11 Å². The molecule has 0 aromatic carbocycles. The molecule has 0 spiro atoms. The minimum absolute atomic E-state index is 0.500. The molecule has 0 rings (SSSR count). The molecule has 0 fully saturated rings. The van der Waals surface area contributed by atoms with E-state index in [0.717, 1.165) is 7.11 Å². The fourth-order valence-corrected chi connectivity index (χ4v) is 0. The average molecular weight is 268 g/mol. The molecule has 3 heteroatoms. The number of hydrogen-bond donors (Lipinski definition) is 1. The Morgan fingerprint density at radius 3 is 1.50 bits per heavy atom. The molecule has 0 bridgehead atoms. The maximum atomic E-state index is 7.00. The van der Waals surface area contributed by atoms with Crippen molar-refractivity contribution >= 4 is 8.25 Å². The molecule has 0 unspecified atom stereocenters. The van der Waals surface area contributed by atoms with Crippen molar-refractivity contribution in [3.63, 3.8) is 0 Å². The zero-order valence-electron chi connectivity index (χ0n) is 2.53. The summed E-state index contributed by atoms with van der Waals surface area (Å²) in [4.78, 5) is 0. The molecule has 23 valence electrons. The van der Waals surface area contributed by atoms with Crippen LogP contribution in [0.5, 0.6) is 0 Å². The molecule has 0 aliphatic rings. The van der Waals surface area contributed by atoms with E-state index in [1.54, 1.807) is 0 Å². The second-order valence-electron chi connectivity index (χ2n) is 0. The first kappa shape index (κ1) is 8.95. The number of rotatable bonds is 0. The molecule has 1 nitrogen and oxygen atoms in total. The van der Waals surface area contributed by atoms with E-state index in [0.29, 0.717) is 24.9 Å². The van der Waals surface area contributed by atoms with Gasteiger partial charge in [0.2, 0.25) is 0 Å². The Morgan fingerprint density at radius 1 is 1.50 bits per heavy atom. The van der Waals surface area contributed by atoms with Crippen LogP contribution >= 0.6 is 8.25 Å². The zero-order valence-corrected chi connectivity index (χ0v) is 8.79. The summed E-state index contributed by atoms with van der Waals surface area (Å²) in [6.07, 6.45) is 0. The molecule has 4 heavy (non-hydrogen) atoms. The van der Waals surface area contributed by atoms with Gasteiger partial charge in [0.05, 0.1) is 0 Å². The molecule has 0 radical (unpaired) electrons. The van der Waals surface area contributed by atoms with Gasteiger partial charge in [0.25, 0.3) is 0 Å². The summed E-state index contributed by atoms with van der Waals surface area (Å²) in [6, 6.07) is 0. The third-order valence-electron chi connectivity index (χ3n) is 0. The van der Waals surface area contributed by atoms with Crippen molar-refractivity contribution in [3.8, 4) is 0 Å². The first-order valence-corrected chi connectivity index (χ1v) is 7.48. The van der Waals surface area contributed by atoms with E-state index < -0.39 is 0 Å². The summed E-state index contributed by atoms with van der Waals surface area (Å²) in [5.41, 5.74) is 0. The van der Waals surface area contributed by atoms with Crippen LogP contribution in [-0.2, 0) is 24.9 Å². The molecular weight excluding hydrogens is 264 g/mol. The third kappa shape index (κ3) is 10.8. The average Bonchev–Trinajstić information content (AvgIpc) is 1.50. The fourth-order valence-electron chi connectivity index (χ4n) is 0. The molecule has 0 amide bonds. The molecule has 0 saturated heterocycles. The van der Waals surface area contributed by atoms with E-state index in [2.05, 4.69) is 0 Å². The number of hydrogen-bond acceptors (Lipinski definition) is 1. The van der Waals surface area contributed by atoms with E-state index in [1.165, 1.54) is 0 Å². The third-order valence-corrected chi connectivity index (χ3v) is 0. The fraction of sp³-hybridized carbons (Fsp3) is 1.00. The summed E-state index contributed by atoms with van der Waals surface area (Å²) in [5.74, 6) is 0. The van der Waals surface area contributed by atoms with E-state index in [4.69, 9.17) is 13.4 Å². The van der Waals surface area contributed by atoms with Gasteiger partial charge >= 0.3 is 33.1 Å². The number of halogens is 1. The van der Waals surface area contributed by atoms with Crippen LogP contribution in [0.3, 0.4) is 0 Å². The van der Waals surface area contributed by atoms with Crippen molar-refractivity contribution < 1.29 is 30.0 Å². The first-order chi connectivity index (χ1) is 2.00. The zero-order chi connectivity index (χ0) is 4.00. The Balaban J connectivity index is 0. The van der Waals surface area contributed by atoms with E-state index in [-0.39, 0.29) is 0 Å². The molecule has 1 N–H and O–H groups in total. The monoisotopic (exact) mass is 269 g/mol. The van der Waals surface area contributed by atoms with Gasteiger partial charge in [-0.2, -0.15) is 0 Å². The molecule has 0 aliphatic heterocycles. The summed E-state index contributed by atoms with van der Waals surface area (Å²) in [5, 5.41) is 7.00. The molecule has 0 aromatic rings. The van der Waals surface area contributed by atoms with Crippen molar-refractivity contribution in [1.29, 1.82) is 0 Å². The second kappa shape index (κ2) is 30.2. The maximum absolute atomic E-state index is 7.00. The van der Waals surface area contributed by atoms with Gasteiger partial charge in [0.15, 0.2) is 0 Å². The van der Waals surface area contributed by atoms with Crippen LogP contribution in [0.2, 0.25) is 0 Å². The van der Waals surface area contributed by atoms with Gasteiger partial charge in [-0.05, 0) is 0 Å². The van der Waals surface area contributed by atoms with Gasteiger partial charge in [-0.3, -0.25) is 0 Å². The summed E-state index contributed by atoms with van der Waals surface area (Å²) >= 11 is 0.500. The van der Waals surface area contributed by atoms with Gasteiger partial charge in [-0.25, -0.2) is 0 Å². The van der Waals surface area contributed by atoms with Gasteiger partial charge in [-0.1, -0.05) is 0 Å².